The molecule has 4 aromatic carbocycles. The van der Waals surface area contributed by atoms with E-state index in [1.54, 1.807) is 23.1 Å². The molecule has 0 bridgehead atoms. The summed E-state index contributed by atoms with van der Waals surface area (Å²) in [6, 6.07) is 47.4. The Morgan fingerprint density at radius 3 is 1.70 bits per heavy atom. The molecule has 1 aliphatic heterocycles. The minimum Gasteiger partial charge on any atom is -0.137 e. The molecule has 6 aromatic rings. The molecule has 258 valence electrons. The number of hydrogen-bond acceptors (Lipinski definition) is 5. The summed E-state index contributed by atoms with van der Waals surface area (Å²) < 4.78 is 0.985. The topological polar surface area (TPSA) is 25.8 Å². The fourth-order valence-electron chi connectivity index (χ4n) is 6.54. The van der Waals surface area contributed by atoms with Crippen LogP contribution in [0.15, 0.2) is 185 Å². The zero-order valence-corrected chi connectivity index (χ0v) is 32.6. The van der Waals surface area contributed by atoms with E-state index < -0.39 is 0 Å². The normalized spacial score (nSPS) is 15.5. The molecule has 0 saturated heterocycles. The van der Waals surface area contributed by atoms with Crippen LogP contribution in [0.4, 0.5) is 0 Å². The molecule has 3 heterocycles. The summed E-state index contributed by atoms with van der Waals surface area (Å²) in [6.07, 6.45) is 19.0. The highest BCUT2D eigenvalue weighted by Crippen LogP contribution is 2.45. The molecule has 0 atom stereocenters. The van der Waals surface area contributed by atoms with Gasteiger partial charge >= 0.3 is 0 Å². The van der Waals surface area contributed by atoms with E-state index in [1.165, 1.54) is 69.7 Å². The summed E-state index contributed by atoms with van der Waals surface area (Å²) >= 11 is 7.01. The molecule has 1 aliphatic carbocycles. The molecule has 2 nitrogen and oxygen atoms in total. The fraction of sp³-hybridized carbons (Fsp3) is 0.0851. The maximum atomic E-state index is 4.74. The highest BCUT2D eigenvalue weighted by molar-refractivity contribution is 8.16. The average molecular weight is 758 g/mol. The summed E-state index contributed by atoms with van der Waals surface area (Å²) in [5.41, 5.74) is 11.1. The van der Waals surface area contributed by atoms with Crippen LogP contribution in [0, 0.1) is 0 Å². The monoisotopic (exact) mass is 757 g/mol. The SMILES string of the molecule is CSc1nnc(C2=C(/C=C/c3cc(-c4ccccc4)[s+]c(-c4ccccc4)c3)CCC/C2=C\C=C2C=C(c3ccccc3)SC(c3ccccc3)=C2)s1. The molecule has 53 heavy (non-hydrogen) atoms. The summed E-state index contributed by atoms with van der Waals surface area (Å²) in [5.74, 6) is 0. The number of thioether (sulfide) groups is 2. The van der Waals surface area contributed by atoms with Crippen LogP contribution < -0.4 is 0 Å². The predicted molar refractivity (Wildman–Crippen MR) is 234 cm³/mol. The maximum Gasteiger partial charge on any atom is 0.239 e. The van der Waals surface area contributed by atoms with E-state index in [0.717, 1.165) is 28.6 Å². The van der Waals surface area contributed by atoms with Gasteiger partial charge in [-0.2, -0.15) is 0 Å². The third-order valence-corrected chi connectivity index (χ3v) is 13.4. The van der Waals surface area contributed by atoms with Gasteiger partial charge in [-0.15, -0.1) is 10.2 Å². The predicted octanol–water partition coefficient (Wildman–Crippen LogP) is 14.3. The van der Waals surface area contributed by atoms with Crippen LogP contribution in [0.2, 0.25) is 0 Å². The first-order valence-electron chi connectivity index (χ1n) is 17.7. The lowest BCUT2D eigenvalue weighted by Crippen LogP contribution is -2.02. The van der Waals surface area contributed by atoms with E-state index in [0.29, 0.717) is 0 Å². The van der Waals surface area contributed by atoms with Crippen LogP contribution in [-0.2, 0) is 0 Å². The van der Waals surface area contributed by atoms with Gasteiger partial charge in [0.1, 0.15) is 5.01 Å². The van der Waals surface area contributed by atoms with E-state index in [4.69, 9.17) is 5.10 Å². The Balaban J connectivity index is 1.21. The lowest BCUT2D eigenvalue weighted by Gasteiger charge is -2.20. The van der Waals surface area contributed by atoms with Gasteiger partial charge in [-0.25, -0.2) is 0 Å². The van der Waals surface area contributed by atoms with Crippen molar-refractivity contribution in [2.24, 2.45) is 0 Å². The van der Waals surface area contributed by atoms with Crippen LogP contribution in [0.5, 0.6) is 0 Å². The van der Waals surface area contributed by atoms with Gasteiger partial charge in [0.2, 0.25) is 21.1 Å². The van der Waals surface area contributed by atoms with Crippen molar-refractivity contribution in [1.82, 2.24) is 10.2 Å². The van der Waals surface area contributed by atoms with Crippen LogP contribution in [0.25, 0.3) is 42.3 Å². The van der Waals surface area contributed by atoms with Crippen molar-refractivity contribution in [1.29, 1.82) is 0 Å². The summed E-state index contributed by atoms with van der Waals surface area (Å²) in [7, 11) is 0. The van der Waals surface area contributed by atoms with Crippen molar-refractivity contribution >= 4 is 67.7 Å². The molecule has 0 amide bonds. The van der Waals surface area contributed by atoms with Gasteiger partial charge in [0, 0.05) is 38.6 Å². The molecule has 8 rings (SSSR count). The van der Waals surface area contributed by atoms with Crippen molar-refractivity contribution in [3.63, 3.8) is 0 Å². The molecule has 0 spiro atoms. The summed E-state index contributed by atoms with van der Waals surface area (Å²) in [4.78, 5) is 5.01. The second kappa shape index (κ2) is 16.9. The first-order chi connectivity index (χ1) is 26.2. The van der Waals surface area contributed by atoms with Crippen molar-refractivity contribution in [3.05, 3.63) is 202 Å². The minimum atomic E-state index is 0.985. The van der Waals surface area contributed by atoms with Crippen molar-refractivity contribution in [2.45, 2.75) is 23.6 Å². The van der Waals surface area contributed by atoms with Crippen LogP contribution >= 0.6 is 46.2 Å². The lowest BCUT2D eigenvalue weighted by atomic mass is 9.86. The quantitative estimate of drug-likeness (QED) is 0.108. The Morgan fingerprint density at radius 1 is 0.623 bits per heavy atom. The third kappa shape index (κ3) is 8.53. The average Bonchev–Trinajstić information content (AvgIpc) is 3.72. The van der Waals surface area contributed by atoms with E-state index in [9.17, 15) is 0 Å². The molecule has 0 unspecified atom stereocenters. The van der Waals surface area contributed by atoms with Gasteiger partial charge < -0.3 is 0 Å². The van der Waals surface area contributed by atoms with E-state index in [1.807, 2.05) is 23.1 Å². The lowest BCUT2D eigenvalue weighted by molar-refractivity contribution is 0.804. The second-order valence-electron chi connectivity index (χ2n) is 12.7. The second-order valence-corrected chi connectivity index (χ2v) is 16.9. The first kappa shape index (κ1) is 35.2. The zero-order valence-electron chi connectivity index (χ0n) is 29.3. The van der Waals surface area contributed by atoms with Crippen molar-refractivity contribution in [3.8, 4) is 20.9 Å². The largest absolute Gasteiger partial charge is 0.239 e. The van der Waals surface area contributed by atoms with Crippen molar-refractivity contribution in [2.75, 3.05) is 6.26 Å². The number of nitrogens with zero attached hydrogens (tertiary/aromatic N) is 2. The molecule has 0 N–H and O–H groups in total. The zero-order chi connectivity index (χ0) is 35.8. The van der Waals surface area contributed by atoms with Crippen molar-refractivity contribution < 1.29 is 0 Å². The third-order valence-electron chi connectivity index (χ3n) is 9.15. The highest BCUT2D eigenvalue weighted by Gasteiger charge is 2.23. The molecule has 6 heteroatoms. The van der Waals surface area contributed by atoms with Gasteiger partial charge in [-0.3, -0.25) is 0 Å². The Hall–Kier alpha value is -4.85. The van der Waals surface area contributed by atoms with Crippen LogP contribution in [-0.4, -0.2) is 16.5 Å². The molecule has 2 aliphatic rings. The van der Waals surface area contributed by atoms with Gasteiger partial charge in [0.15, 0.2) is 4.34 Å². The number of rotatable bonds is 9. The number of hydrogen-bond donors (Lipinski definition) is 0. The number of benzene rings is 4. The van der Waals surface area contributed by atoms with E-state index in [-0.39, 0.29) is 0 Å². The number of allylic oxidation sites excluding steroid dienone is 9. The Morgan fingerprint density at radius 2 is 1.17 bits per heavy atom. The molecular weight excluding hydrogens is 721 g/mol. The van der Waals surface area contributed by atoms with Gasteiger partial charge in [-0.1, -0.05) is 156 Å². The molecule has 2 aromatic heterocycles. The van der Waals surface area contributed by atoms with E-state index >= 15 is 0 Å². The van der Waals surface area contributed by atoms with Crippen LogP contribution in [0.1, 0.15) is 41.0 Å². The highest BCUT2D eigenvalue weighted by atomic mass is 32.2. The molecule has 0 saturated carbocycles. The minimum absolute atomic E-state index is 0.985. The molecule has 0 fully saturated rings. The molecule has 0 radical (unpaired) electrons. The summed E-state index contributed by atoms with van der Waals surface area (Å²) in [5, 5.41) is 10.3. The van der Waals surface area contributed by atoms with Gasteiger partial charge in [0.05, 0.1) is 0 Å². The Kier molecular flexibility index (Phi) is 11.2. The maximum absolute atomic E-state index is 4.74. The smallest absolute Gasteiger partial charge is 0.137 e. The Labute approximate surface area is 328 Å². The fourth-order valence-corrected chi connectivity index (χ4v) is 10.2. The van der Waals surface area contributed by atoms with Gasteiger partial charge in [0.25, 0.3) is 0 Å². The number of aromatic nitrogens is 2. The summed E-state index contributed by atoms with van der Waals surface area (Å²) in [6.45, 7) is 0. The molecular formula is C47H37N2S4+. The van der Waals surface area contributed by atoms with Crippen LogP contribution in [0.3, 0.4) is 0 Å². The van der Waals surface area contributed by atoms with E-state index in [2.05, 4.69) is 181 Å². The standard InChI is InChI=1S/C47H37N2S4/c1-50-47-49-48-46(53-47)45-39(27-25-33-29-41(35-15-6-2-7-16-35)51-42(30-33)36-17-8-3-9-18-36)23-14-24-40(45)28-26-34-31-43(37-19-10-4-11-20-37)52-44(32-34)38-21-12-5-13-22-38/h2-13,15-22,25-32H,14,23-24H2,1H3/q+1. The Bertz CT molecular complexity index is 2290. The first-order valence-corrected chi connectivity index (χ1v) is 21.4. The van der Waals surface area contributed by atoms with Gasteiger partial charge in [-0.05, 0) is 95.3 Å².